The zero-order chi connectivity index (χ0) is 18.0. The molecule has 0 unspecified atom stereocenters. The highest BCUT2D eigenvalue weighted by Crippen LogP contribution is 2.22. The summed E-state index contributed by atoms with van der Waals surface area (Å²) in [5.74, 6) is -1.12. The van der Waals surface area contributed by atoms with E-state index in [1.165, 1.54) is 21.3 Å². The van der Waals surface area contributed by atoms with Gasteiger partial charge in [-0.1, -0.05) is 12.1 Å². The average Bonchev–Trinajstić information content (AvgIpc) is 3.08. The van der Waals surface area contributed by atoms with E-state index in [2.05, 4.69) is 11.0 Å². The molecule has 8 heteroatoms. The Hall–Kier alpha value is -1.74. The zero-order valence-corrected chi connectivity index (χ0v) is 15.5. The molecule has 6 nitrogen and oxygen atoms in total. The average molecular weight is 380 g/mol. The number of aromatic carboxylic acids is 1. The molecule has 1 saturated heterocycles. The summed E-state index contributed by atoms with van der Waals surface area (Å²) < 4.78 is 27.1. The number of piperazine rings is 1. The predicted molar refractivity (Wildman–Crippen MR) is 96.5 cm³/mol. The van der Waals surface area contributed by atoms with Gasteiger partial charge >= 0.3 is 5.97 Å². The molecule has 1 N–H and O–H groups in total. The number of rotatable bonds is 5. The Labute approximate surface area is 151 Å². The number of hydrogen-bond donors (Lipinski definition) is 1. The van der Waals surface area contributed by atoms with E-state index in [1.807, 2.05) is 11.4 Å². The molecule has 1 aromatic carbocycles. The highest BCUT2D eigenvalue weighted by Gasteiger charge is 2.29. The van der Waals surface area contributed by atoms with E-state index in [9.17, 15) is 18.3 Å². The summed E-state index contributed by atoms with van der Waals surface area (Å²) in [5, 5.41) is 11.2. The minimum atomic E-state index is -3.67. The molecule has 0 aliphatic carbocycles. The van der Waals surface area contributed by atoms with Crippen LogP contribution in [0.4, 0.5) is 0 Å². The number of nitrogens with zero attached hydrogens (tertiary/aromatic N) is 2. The smallest absolute Gasteiger partial charge is 0.335 e. The van der Waals surface area contributed by atoms with Crippen LogP contribution in [0.3, 0.4) is 0 Å². The molecule has 2 aromatic rings. The minimum Gasteiger partial charge on any atom is -0.478 e. The second-order valence-electron chi connectivity index (χ2n) is 6.04. The van der Waals surface area contributed by atoms with Crippen LogP contribution in [0.25, 0.3) is 0 Å². The number of hydrogen-bond acceptors (Lipinski definition) is 5. The van der Waals surface area contributed by atoms with Crippen molar-refractivity contribution < 1.29 is 18.3 Å². The molecule has 2 heterocycles. The third-order valence-corrected chi connectivity index (χ3v) is 7.12. The lowest BCUT2D eigenvalue weighted by atomic mass is 10.1. The molecule has 1 fully saturated rings. The fraction of sp³-hybridized carbons (Fsp3) is 0.353. The van der Waals surface area contributed by atoms with Crippen molar-refractivity contribution in [2.24, 2.45) is 0 Å². The first-order valence-electron chi connectivity index (χ1n) is 7.97. The summed E-state index contributed by atoms with van der Waals surface area (Å²) in [7, 11) is -3.67. The van der Waals surface area contributed by atoms with Gasteiger partial charge in [0.2, 0.25) is 10.0 Å². The predicted octanol–water partition coefficient (Wildman–Crippen LogP) is 2.26. The third kappa shape index (κ3) is 3.92. The second kappa shape index (κ2) is 7.25. The van der Waals surface area contributed by atoms with Crippen LogP contribution < -0.4 is 0 Å². The van der Waals surface area contributed by atoms with E-state index in [4.69, 9.17) is 0 Å². The third-order valence-electron chi connectivity index (χ3n) is 4.37. The standard InChI is InChI=1S/C17H20N2O4S2/c1-13-4-5-15(11-16(13)17(20)21)25(22,23)19-8-6-18(7-9-19)12-14-3-2-10-24-14/h2-5,10-11H,6-9,12H2,1H3,(H,20,21). The van der Waals surface area contributed by atoms with Crippen LogP contribution in [0.1, 0.15) is 20.8 Å². The quantitative estimate of drug-likeness (QED) is 0.861. The number of carbonyl (C=O) groups is 1. The van der Waals surface area contributed by atoms with E-state index in [1.54, 1.807) is 24.3 Å². The highest BCUT2D eigenvalue weighted by atomic mass is 32.2. The van der Waals surface area contributed by atoms with Crippen LogP contribution in [0.5, 0.6) is 0 Å². The van der Waals surface area contributed by atoms with Gasteiger partial charge in [0.25, 0.3) is 0 Å². The summed E-state index contributed by atoms with van der Waals surface area (Å²) in [6.45, 7) is 4.62. The number of benzene rings is 1. The maximum atomic E-state index is 12.8. The maximum Gasteiger partial charge on any atom is 0.335 e. The second-order valence-corrected chi connectivity index (χ2v) is 9.01. The van der Waals surface area contributed by atoms with Gasteiger partial charge in [0, 0.05) is 37.6 Å². The molecule has 0 amide bonds. The van der Waals surface area contributed by atoms with Gasteiger partial charge in [-0.25, -0.2) is 13.2 Å². The van der Waals surface area contributed by atoms with Crippen LogP contribution in [-0.4, -0.2) is 54.9 Å². The van der Waals surface area contributed by atoms with Gasteiger partial charge in [-0.05, 0) is 36.1 Å². The lowest BCUT2D eigenvalue weighted by Crippen LogP contribution is -2.48. The van der Waals surface area contributed by atoms with E-state index < -0.39 is 16.0 Å². The van der Waals surface area contributed by atoms with Gasteiger partial charge in [-0.3, -0.25) is 4.90 Å². The Kier molecular flexibility index (Phi) is 5.24. The molecule has 25 heavy (non-hydrogen) atoms. The topological polar surface area (TPSA) is 77.9 Å². The van der Waals surface area contributed by atoms with Crippen LogP contribution >= 0.6 is 11.3 Å². The SMILES string of the molecule is Cc1ccc(S(=O)(=O)N2CCN(Cc3cccs3)CC2)cc1C(=O)O. The lowest BCUT2D eigenvalue weighted by molar-refractivity contribution is 0.0696. The monoisotopic (exact) mass is 380 g/mol. The first-order valence-corrected chi connectivity index (χ1v) is 10.3. The maximum absolute atomic E-state index is 12.8. The van der Waals surface area contributed by atoms with Crippen LogP contribution in [0.15, 0.2) is 40.6 Å². The summed E-state index contributed by atoms with van der Waals surface area (Å²) in [6, 6.07) is 8.37. The molecular weight excluding hydrogens is 360 g/mol. The minimum absolute atomic E-state index is 0.0254. The summed E-state index contributed by atoms with van der Waals surface area (Å²) in [5.41, 5.74) is 0.574. The van der Waals surface area contributed by atoms with Crippen molar-refractivity contribution >= 4 is 27.3 Å². The van der Waals surface area contributed by atoms with Crippen molar-refractivity contribution in [1.82, 2.24) is 9.21 Å². The Bertz CT molecular complexity index is 855. The molecule has 1 aliphatic rings. The Morgan fingerprint density at radius 1 is 1.20 bits per heavy atom. The van der Waals surface area contributed by atoms with Crippen molar-refractivity contribution in [1.29, 1.82) is 0 Å². The van der Waals surface area contributed by atoms with Crippen LogP contribution in [0.2, 0.25) is 0 Å². The first-order chi connectivity index (χ1) is 11.9. The molecule has 0 atom stereocenters. The molecule has 3 rings (SSSR count). The molecule has 0 saturated carbocycles. The number of aryl methyl sites for hydroxylation is 1. The molecular formula is C17H20N2O4S2. The molecule has 0 spiro atoms. The molecule has 0 bridgehead atoms. The van der Waals surface area contributed by atoms with E-state index in [0.29, 0.717) is 31.7 Å². The van der Waals surface area contributed by atoms with Gasteiger partial charge in [-0.2, -0.15) is 4.31 Å². The van der Waals surface area contributed by atoms with Gasteiger partial charge in [0.1, 0.15) is 0 Å². The summed E-state index contributed by atoms with van der Waals surface area (Å²) in [6.07, 6.45) is 0. The molecule has 134 valence electrons. The molecule has 1 aromatic heterocycles. The fourth-order valence-corrected chi connectivity index (χ4v) is 5.09. The lowest BCUT2D eigenvalue weighted by Gasteiger charge is -2.33. The molecule has 1 aliphatic heterocycles. The number of thiophene rings is 1. The van der Waals surface area contributed by atoms with Crippen LogP contribution in [0, 0.1) is 6.92 Å². The van der Waals surface area contributed by atoms with Gasteiger partial charge in [-0.15, -0.1) is 11.3 Å². The summed E-state index contributed by atoms with van der Waals surface area (Å²) >= 11 is 1.70. The Morgan fingerprint density at radius 3 is 2.52 bits per heavy atom. The van der Waals surface area contributed by atoms with E-state index >= 15 is 0 Å². The zero-order valence-electron chi connectivity index (χ0n) is 13.9. The van der Waals surface area contributed by atoms with Crippen molar-refractivity contribution in [3.63, 3.8) is 0 Å². The number of sulfonamides is 1. The van der Waals surface area contributed by atoms with Gasteiger partial charge < -0.3 is 5.11 Å². The van der Waals surface area contributed by atoms with E-state index in [0.717, 1.165) is 6.54 Å². The largest absolute Gasteiger partial charge is 0.478 e. The van der Waals surface area contributed by atoms with Crippen molar-refractivity contribution in [2.75, 3.05) is 26.2 Å². The van der Waals surface area contributed by atoms with Crippen molar-refractivity contribution in [2.45, 2.75) is 18.4 Å². The van der Waals surface area contributed by atoms with Crippen molar-refractivity contribution in [3.8, 4) is 0 Å². The normalized spacial score (nSPS) is 16.8. The fourth-order valence-electron chi connectivity index (χ4n) is 2.89. The van der Waals surface area contributed by atoms with Gasteiger partial charge in [0.15, 0.2) is 0 Å². The first kappa shape index (κ1) is 18.1. The van der Waals surface area contributed by atoms with Crippen LogP contribution in [-0.2, 0) is 16.6 Å². The van der Waals surface area contributed by atoms with Gasteiger partial charge in [0.05, 0.1) is 10.5 Å². The molecule has 0 radical (unpaired) electrons. The van der Waals surface area contributed by atoms with E-state index in [-0.39, 0.29) is 10.5 Å². The Morgan fingerprint density at radius 2 is 1.92 bits per heavy atom. The summed E-state index contributed by atoms with van der Waals surface area (Å²) in [4.78, 5) is 14.8. The number of carboxylic acids is 1. The highest BCUT2D eigenvalue weighted by molar-refractivity contribution is 7.89. The number of carboxylic acid groups (broad SMARTS) is 1. The Balaban J connectivity index is 1.71. The van der Waals surface area contributed by atoms with Crippen molar-refractivity contribution in [3.05, 3.63) is 51.7 Å².